The molecule has 1 amide bonds. The van der Waals surface area contributed by atoms with Crippen molar-refractivity contribution in [2.75, 3.05) is 0 Å². The van der Waals surface area contributed by atoms with E-state index in [1.54, 1.807) is 0 Å². The van der Waals surface area contributed by atoms with Gasteiger partial charge >= 0.3 is 12.1 Å². The standard InChI is InChI=1S/C10H14N2O6/c1-3-10(8(14)15,11-9(16)17)4-6-5(2)18-12-7(6)13/h11H,3-4H2,1-2H3,(H,12,13)(H,14,15)(H,16,17). The first-order valence-corrected chi connectivity index (χ1v) is 5.24. The third-order valence-corrected chi connectivity index (χ3v) is 2.83. The van der Waals surface area contributed by atoms with Crippen LogP contribution in [-0.4, -0.2) is 33.0 Å². The molecule has 18 heavy (non-hydrogen) atoms. The summed E-state index contributed by atoms with van der Waals surface area (Å²) in [4.78, 5) is 33.4. The van der Waals surface area contributed by atoms with Crippen LogP contribution >= 0.6 is 0 Å². The molecule has 0 bridgehead atoms. The molecule has 1 aromatic rings. The summed E-state index contributed by atoms with van der Waals surface area (Å²) in [5, 5.41) is 21.9. The van der Waals surface area contributed by atoms with E-state index in [9.17, 15) is 19.5 Å². The van der Waals surface area contributed by atoms with Gasteiger partial charge in [0.1, 0.15) is 11.3 Å². The zero-order valence-corrected chi connectivity index (χ0v) is 9.94. The number of carboxylic acids is 1. The maximum atomic E-state index is 11.4. The van der Waals surface area contributed by atoms with Crippen molar-refractivity contribution in [2.45, 2.75) is 32.2 Å². The molecule has 0 spiro atoms. The van der Waals surface area contributed by atoms with Crippen LogP contribution in [0.25, 0.3) is 0 Å². The zero-order chi connectivity index (χ0) is 13.9. The van der Waals surface area contributed by atoms with E-state index < -0.39 is 23.2 Å². The molecule has 0 radical (unpaired) electrons. The number of carboxylic acid groups (broad SMARTS) is 2. The van der Waals surface area contributed by atoms with Crippen molar-refractivity contribution in [1.82, 2.24) is 10.5 Å². The monoisotopic (exact) mass is 258 g/mol. The lowest BCUT2D eigenvalue weighted by Crippen LogP contribution is -2.56. The molecule has 0 aliphatic heterocycles. The number of nitrogens with one attached hydrogen (secondary N) is 2. The van der Waals surface area contributed by atoms with Gasteiger partial charge in [-0.1, -0.05) is 6.92 Å². The van der Waals surface area contributed by atoms with E-state index >= 15 is 0 Å². The molecule has 0 aliphatic rings. The third kappa shape index (κ3) is 2.53. The Morgan fingerprint density at radius 3 is 2.39 bits per heavy atom. The summed E-state index contributed by atoms with van der Waals surface area (Å²) in [5.74, 6) is -1.10. The minimum atomic E-state index is -1.74. The molecule has 0 fully saturated rings. The van der Waals surface area contributed by atoms with Crippen LogP contribution in [0, 0.1) is 6.92 Å². The highest BCUT2D eigenvalue weighted by molar-refractivity contribution is 5.84. The van der Waals surface area contributed by atoms with E-state index in [2.05, 4.69) is 5.16 Å². The number of aryl methyl sites for hydroxylation is 1. The molecule has 4 N–H and O–H groups in total. The number of aliphatic carboxylic acids is 1. The van der Waals surface area contributed by atoms with Crippen molar-refractivity contribution >= 4 is 12.1 Å². The Kier molecular flexibility index (Phi) is 3.79. The maximum absolute atomic E-state index is 11.4. The average Bonchev–Trinajstić information content (AvgIpc) is 2.58. The van der Waals surface area contributed by atoms with Crippen molar-refractivity contribution in [2.24, 2.45) is 0 Å². The molecular formula is C10H14N2O6. The number of aromatic amines is 1. The predicted molar refractivity (Wildman–Crippen MR) is 59.6 cm³/mol. The second-order valence-corrected chi connectivity index (χ2v) is 3.92. The largest absolute Gasteiger partial charge is 0.479 e. The minimum Gasteiger partial charge on any atom is -0.479 e. The molecule has 1 rings (SSSR count). The highest BCUT2D eigenvalue weighted by Crippen LogP contribution is 2.18. The van der Waals surface area contributed by atoms with Gasteiger partial charge in [0, 0.05) is 6.42 Å². The maximum Gasteiger partial charge on any atom is 0.405 e. The normalized spacial score (nSPS) is 13.9. The zero-order valence-electron chi connectivity index (χ0n) is 9.94. The van der Waals surface area contributed by atoms with E-state index in [4.69, 9.17) is 9.63 Å². The smallest absolute Gasteiger partial charge is 0.405 e. The van der Waals surface area contributed by atoms with Crippen LogP contribution in [-0.2, 0) is 11.2 Å². The first-order chi connectivity index (χ1) is 8.32. The average molecular weight is 258 g/mol. The van der Waals surface area contributed by atoms with Crippen LogP contribution in [0.1, 0.15) is 24.7 Å². The van der Waals surface area contributed by atoms with Gasteiger partial charge in [-0.3, -0.25) is 4.79 Å². The summed E-state index contributed by atoms with van der Waals surface area (Å²) < 4.78 is 4.76. The summed E-state index contributed by atoms with van der Waals surface area (Å²) in [7, 11) is 0. The SMILES string of the molecule is CCC(Cc1c(C)o[nH]c1=O)(NC(=O)O)C(=O)O. The molecule has 1 unspecified atom stereocenters. The highest BCUT2D eigenvalue weighted by atomic mass is 16.5. The predicted octanol–water partition coefficient (Wildman–Crippen LogP) is 0.320. The van der Waals surface area contributed by atoms with Crippen molar-refractivity contribution in [3.63, 3.8) is 0 Å². The Hall–Kier alpha value is -2.25. The van der Waals surface area contributed by atoms with Gasteiger partial charge in [0.25, 0.3) is 5.56 Å². The lowest BCUT2D eigenvalue weighted by Gasteiger charge is -2.27. The van der Waals surface area contributed by atoms with Crippen molar-refractivity contribution in [3.05, 3.63) is 21.7 Å². The number of carbonyl (C=O) groups is 2. The second-order valence-electron chi connectivity index (χ2n) is 3.92. The van der Waals surface area contributed by atoms with Crippen molar-refractivity contribution in [1.29, 1.82) is 0 Å². The molecule has 0 saturated carbocycles. The number of H-pyrrole nitrogens is 1. The summed E-state index contributed by atoms with van der Waals surface area (Å²) >= 11 is 0. The fourth-order valence-corrected chi connectivity index (χ4v) is 1.66. The van der Waals surface area contributed by atoms with E-state index in [1.165, 1.54) is 13.8 Å². The van der Waals surface area contributed by atoms with Gasteiger partial charge in [-0.15, -0.1) is 0 Å². The van der Waals surface area contributed by atoms with Gasteiger partial charge in [-0.25, -0.2) is 9.59 Å². The number of aromatic nitrogens is 1. The molecule has 1 heterocycles. The van der Waals surface area contributed by atoms with E-state index in [1.807, 2.05) is 5.32 Å². The number of rotatable bonds is 5. The van der Waals surface area contributed by atoms with Crippen LogP contribution in [0.15, 0.2) is 9.32 Å². The van der Waals surface area contributed by atoms with Crippen LogP contribution in [0.3, 0.4) is 0 Å². The van der Waals surface area contributed by atoms with Gasteiger partial charge in [0.15, 0.2) is 0 Å². The van der Waals surface area contributed by atoms with E-state index in [0.29, 0.717) is 0 Å². The Bertz CT molecular complexity index is 517. The number of amides is 1. The molecule has 0 aromatic carbocycles. The molecular weight excluding hydrogens is 244 g/mol. The Morgan fingerprint density at radius 1 is 1.44 bits per heavy atom. The Labute approximate surface area is 102 Å². The van der Waals surface area contributed by atoms with E-state index in [0.717, 1.165) is 0 Å². The number of hydrogen-bond acceptors (Lipinski definition) is 4. The van der Waals surface area contributed by atoms with Gasteiger partial charge in [0.05, 0.1) is 5.56 Å². The molecule has 1 aromatic heterocycles. The van der Waals surface area contributed by atoms with Crippen molar-refractivity contribution in [3.8, 4) is 0 Å². The first kappa shape index (κ1) is 13.8. The fraction of sp³-hybridized carbons (Fsp3) is 0.500. The van der Waals surface area contributed by atoms with Crippen LogP contribution in [0.2, 0.25) is 0 Å². The molecule has 8 heteroatoms. The lowest BCUT2D eigenvalue weighted by molar-refractivity contribution is -0.144. The summed E-state index contributed by atoms with van der Waals surface area (Å²) in [6, 6.07) is 0. The first-order valence-electron chi connectivity index (χ1n) is 5.24. The van der Waals surface area contributed by atoms with Crippen molar-refractivity contribution < 1.29 is 24.3 Å². The van der Waals surface area contributed by atoms with E-state index in [-0.39, 0.29) is 24.2 Å². The molecule has 8 nitrogen and oxygen atoms in total. The Morgan fingerprint density at radius 2 is 2.06 bits per heavy atom. The quantitative estimate of drug-likeness (QED) is 0.601. The minimum absolute atomic E-state index is 0.00130. The highest BCUT2D eigenvalue weighted by Gasteiger charge is 2.40. The van der Waals surface area contributed by atoms with Crippen LogP contribution < -0.4 is 10.9 Å². The van der Waals surface area contributed by atoms with Gasteiger partial charge in [0.2, 0.25) is 0 Å². The summed E-state index contributed by atoms with van der Waals surface area (Å²) in [5.41, 5.74) is -2.18. The van der Waals surface area contributed by atoms with Gasteiger partial charge in [-0.05, 0) is 13.3 Å². The van der Waals surface area contributed by atoms with Crippen LogP contribution in [0.4, 0.5) is 4.79 Å². The van der Waals surface area contributed by atoms with Crippen LogP contribution in [0.5, 0.6) is 0 Å². The van der Waals surface area contributed by atoms with Gasteiger partial charge in [-0.2, -0.15) is 5.16 Å². The Balaban J connectivity index is 3.17. The number of hydrogen-bond donors (Lipinski definition) is 4. The second kappa shape index (κ2) is 4.94. The molecule has 1 atom stereocenters. The fourth-order valence-electron chi connectivity index (χ4n) is 1.66. The summed E-state index contributed by atoms with van der Waals surface area (Å²) in [6.07, 6.45) is -1.74. The molecule has 0 saturated heterocycles. The third-order valence-electron chi connectivity index (χ3n) is 2.83. The molecule has 0 aliphatic carbocycles. The lowest BCUT2D eigenvalue weighted by atomic mass is 9.88. The summed E-state index contributed by atoms with van der Waals surface area (Å²) in [6.45, 7) is 3.02. The topological polar surface area (TPSA) is 133 Å². The van der Waals surface area contributed by atoms with Gasteiger partial charge < -0.3 is 20.1 Å². The molecule has 100 valence electrons.